The van der Waals surface area contributed by atoms with E-state index in [1.807, 2.05) is 6.92 Å². The van der Waals surface area contributed by atoms with Gasteiger partial charge in [0, 0.05) is 29.6 Å². The van der Waals surface area contributed by atoms with Gasteiger partial charge in [0.05, 0.1) is 19.3 Å². The maximum absolute atomic E-state index is 13.3. The van der Waals surface area contributed by atoms with Crippen molar-refractivity contribution in [2.24, 2.45) is 34.0 Å². The van der Waals surface area contributed by atoms with Gasteiger partial charge in [-0.1, -0.05) is 13.5 Å². The zero-order valence-electron chi connectivity index (χ0n) is 17.3. The lowest BCUT2D eigenvalue weighted by molar-refractivity contribution is -0.252. The van der Waals surface area contributed by atoms with Gasteiger partial charge in [0.25, 0.3) is 0 Å². The summed E-state index contributed by atoms with van der Waals surface area (Å²) in [5.74, 6) is -2.84. The van der Waals surface area contributed by atoms with E-state index in [2.05, 4.69) is 6.58 Å². The van der Waals surface area contributed by atoms with E-state index in [9.17, 15) is 24.6 Å². The van der Waals surface area contributed by atoms with Crippen molar-refractivity contribution in [3.63, 3.8) is 0 Å². The van der Waals surface area contributed by atoms with Crippen LogP contribution in [0.5, 0.6) is 0 Å². The van der Waals surface area contributed by atoms with Gasteiger partial charge in [-0.3, -0.25) is 14.4 Å². The van der Waals surface area contributed by atoms with Crippen LogP contribution >= 0.6 is 0 Å². The molecule has 5 rings (SSSR count). The second-order valence-corrected chi connectivity index (χ2v) is 10.1. The number of ketones is 1. The van der Waals surface area contributed by atoms with Crippen LogP contribution in [0.1, 0.15) is 39.5 Å². The number of aliphatic hydroxyl groups is 2. The second-order valence-electron chi connectivity index (χ2n) is 10.1. The molecule has 5 aliphatic rings. The highest BCUT2D eigenvalue weighted by Gasteiger charge is 2.77. The number of Topliss-reactive ketones (excluding diaryl/α,β-unsaturated/α-hetero) is 1. The minimum absolute atomic E-state index is 0.00675. The Balaban J connectivity index is 1.65. The predicted octanol–water partition coefficient (Wildman–Crippen LogP) is 0.739. The molecule has 2 saturated heterocycles. The first-order chi connectivity index (χ1) is 14.1. The predicted molar refractivity (Wildman–Crippen MR) is 101 cm³/mol. The van der Waals surface area contributed by atoms with Gasteiger partial charge in [0.1, 0.15) is 11.5 Å². The second kappa shape index (κ2) is 6.14. The van der Waals surface area contributed by atoms with Crippen LogP contribution in [0.25, 0.3) is 0 Å². The molecule has 2 aliphatic heterocycles. The van der Waals surface area contributed by atoms with Crippen LogP contribution in [0, 0.1) is 34.0 Å². The lowest BCUT2D eigenvalue weighted by Crippen LogP contribution is -2.69. The SMILES string of the molecule is C=C1C(=O)C23CC1CC(O)C2C1(CCC(OC(C)=O)C2(C)COC(O)C21)COC3=O. The molecule has 0 aromatic rings. The van der Waals surface area contributed by atoms with Crippen LogP contribution in [0.2, 0.25) is 0 Å². The van der Waals surface area contributed by atoms with Crippen LogP contribution < -0.4 is 0 Å². The topological polar surface area (TPSA) is 119 Å². The Kier molecular flexibility index (Phi) is 4.13. The maximum Gasteiger partial charge on any atom is 0.320 e. The third-order valence-electron chi connectivity index (χ3n) is 8.75. The van der Waals surface area contributed by atoms with Crippen LogP contribution in [-0.2, 0) is 28.6 Å². The number of hydrogen-bond acceptors (Lipinski definition) is 8. The molecule has 164 valence electrons. The number of rotatable bonds is 1. The Morgan fingerprint density at radius 2 is 1.97 bits per heavy atom. The highest BCUT2D eigenvalue weighted by atomic mass is 16.6. The standard InChI is InChI=1S/C22H28O8/c1-10-12-6-13(24)15-21(9-29-19(27)22(15,7-12)17(10)25)5-4-14(30-11(2)23)20(3)8-28-18(26)16(20)21/h12-16,18,24,26H,1,4-9H2,2-3H3. The molecule has 0 radical (unpaired) electrons. The van der Waals surface area contributed by atoms with E-state index in [0.717, 1.165) is 0 Å². The van der Waals surface area contributed by atoms with E-state index < -0.39 is 58.5 Å². The minimum Gasteiger partial charge on any atom is -0.464 e. The number of cyclic esters (lactones) is 1. The Morgan fingerprint density at radius 1 is 1.23 bits per heavy atom. The molecule has 8 nitrogen and oxygen atoms in total. The molecule has 2 spiro atoms. The number of aliphatic hydroxyl groups excluding tert-OH is 2. The average Bonchev–Trinajstić information content (AvgIpc) is 3.10. The first-order valence-corrected chi connectivity index (χ1v) is 10.6. The molecule has 0 aromatic heterocycles. The molecular formula is C22H28O8. The fraction of sp³-hybridized carbons (Fsp3) is 0.773. The highest BCUT2D eigenvalue weighted by molar-refractivity contribution is 6.15. The van der Waals surface area contributed by atoms with Crippen molar-refractivity contribution in [1.82, 2.24) is 0 Å². The van der Waals surface area contributed by atoms with Gasteiger partial charge in [-0.25, -0.2) is 0 Å². The van der Waals surface area contributed by atoms with Gasteiger partial charge in [-0.05, 0) is 37.2 Å². The number of hydrogen-bond donors (Lipinski definition) is 2. The molecule has 0 amide bonds. The summed E-state index contributed by atoms with van der Waals surface area (Å²) in [6.45, 7) is 7.32. The fourth-order valence-corrected chi connectivity index (χ4v) is 7.72. The summed E-state index contributed by atoms with van der Waals surface area (Å²) in [4.78, 5) is 38.1. The van der Waals surface area contributed by atoms with Crippen LogP contribution in [-0.4, -0.2) is 59.6 Å². The molecular weight excluding hydrogens is 392 g/mol. The lowest BCUT2D eigenvalue weighted by Gasteiger charge is -2.62. The summed E-state index contributed by atoms with van der Waals surface area (Å²) >= 11 is 0. The molecule has 2 N–H and O–H groups in total. The van der Waals surface area contributed by atoms with E-state index >= 15 is 0 Å². The van der Waals surface area contributed by atoms with Gasteiger partial charge < -0.3 is 24.4 Å². The van der Waals surface area contributed by atoms with Crippen LogP contribution in [0.15, 0.2) is 12.2 Å². The van der Waals surface area contributed by atoms with Gasteiger partial charge >= 0.3 is 11.9 Å². The summed E-state index contributed by atoms with van der Waals surface area (Å²) < 4.78 is 16.9. The highest BCUT2D eigenvalue weighted by Crippen LogP contribution is 2.69. The number of fused-ring (bicyclic) bond motifs is 4. The molecule has 9 atom stereocenters. The first kappa shape index (κ1) is 20.2. The van der Waals surface area contributed by atoms with Crippen molar-refractivity contribution in [2.75, 3.05) is 13.2 Å². The Hall–Kier alpha value is -1.77. The molecule has 2 heterocycles. The van der Waals surface area contributed by atoms with Gasteiger partial charge in [0.2, 0.25) is 0 Å². The van der Waals surface area contributed by atoms with Crippen molar-refractivity contribution in [2.45, 2.75) is 58.0 Å². The molecule has 3 saturated carbocycles. The quantitative estimate of drug-likeness (QED) is 0.362. The maximum atomic E-state index is 13.3. The third kappa shape index (κ3) is 2.19. The normalized spacial score (nSPS) is 52.1. The zero-order valence-corrected chi connectivity index (χ0v) is 17.3. The van der Waals surface area contributed by atoms with E-state index in [4.69, 9.17) is 14.2 Å². The zero-order chi connectivity index (χ0) is 21.6. The fourth-order valence-electron chi connectivity index (χ4n) is 7.72. The van der Waals surface area contributed by atoms with E-state index in [0.29, 0.717) is 31.3 Å². The Labute approximate surface area is 174 Å². The van der Waals surface area contributed by atoms with Crippen molar-refractivity contribution >= 4 is 17.7 Å². The first-order valence-electron chi connectivity index (χ1n) is 10.6. The van der Waals surface area contributed by atoms with Crippen molar-refractivity contribution in [3.05, 3.63) is 12.2 Å². The van der Waals surface area contributed by atoms with Crippen molar-refractivity contribution in [1.29, 1.82) is 0 Å². The summed E-state index contributed by atoms with van der Waals surface area (Å²) in [5.41, 5.74) is -2.68. The monoisotopic (exact) mass is 420 g/mol. The largest absolute Gasteiger partial charge is 0.464 e. The molecule has 0 aromatic carbocycles. The Morgan fingerprint density at radius 3 is 2.67 bits per heavy atom. The number of esters is 2. The van der Waals surface area contributed by atoms with Gasteiger partial charge in [-0.15, -0.1) is 0 Å². The smallest absolute Gasteiger partial charge is 0.320 e. The number of carbonyl (C=O) groups is 3. The van der Waals surface area contributed by atoms with Crippen molar-refractivity contribution < 1.29 is 38.8 Å². The summed E-state index contributed by atoms with van der Waals surface area (Å²) in [7, 11) is 0. The molecule has 8 heteroatoms. The molecule has 2 bridgehead atoms. The van der Waals surface area contributed by atoms with Crippen LogP contribution in [0.3, 0.4) is 0 Å². The summed E-state index contributed by atoms with van der Waals surface area (Å²) in [6, 6.07) is 0. The third-order valence-corrected chi connectivity index (χ3v) is 8.75. The molecule has 3 aliphatic carbocycles. The van der Waals surface area contributed by atoms with E-state index in [-0.39, 0.29) is 24.9 Å². The van der Waals surface area contributed by atoms with E-state index in [1.165, 1.54) is 6.92 Å². The summed E-state index contributed by atoms with van der Waals surface area (Å²) in [6.07, 6.45) is -0.987. The molecule has 30 heavy (non-hydrogen) atoms. The number of carbonyl (C=O) groups excluding carboxylic acids is 3. The van der Waals surface area contributed by atoms with Crippen molar-refractivity contribution in [3.8, 4) is 0 Å². The number of ether oxygens (including phenoxy) is 3. The summed E-state index contributed by atoms with van der Waals surface area (Å²) in [5, 5.41) is 22.1. The number of allylic oxidation sites excluding steroid dienone is 1. The van der Waals surface area contributed by atoms with E-state index in [1.54, 1.807) is 0 Å². The van der Waals surface area contributed by atoms with Gasteiger partial charge in [0.15, 0.2) is 12.1 Å². The molecule has 5 fully saturated rings. The van der Waals surface area contributed by atoms with Crippen LogP contribution in [0.4, 0.5) is 0 Å². The van der Waals surface area contributed by atoms with Gasteiger partial charge in [-0.2, -0.15) is 0 Å². The molecule has 9 unspecified atom stereocenters. The lowest BCUT2D eigenvalue weighted by atomic mass is 9.43. The minimum atomic E-state index is -1.46. The average molecular weight is 420 g/mol. The Bertz CT molecular complexity index is 852.